The number of rotatable bonds is 10. The summed E-state index contributed by atoms with van der Waals surface area (Å²) in [7, 11) is 1.92. The van der Waals surface area contributed by atoms with E-state index in [1.807, 2.05) is 24.9 Å². The molecule has 220 valence electrons. The average Bonchev–Trinajstić information content (AvgIpc) is 3.63. The molecule has 6 nitrogen and oxygen atoms in total. The van der Waals surface area contributed by atoms with E-state index in [-0.39, 0.29) is 52.6 Å². The molecule has 5 rings (SSSR count). The van der Waals surface area contributed by atoms with Crippen molar-refractivity contribution in [2.24, 2.45) is 11.8 Å². The van der Waals surface area contributed by atoms with Crippen LogP contribution in [0.1, 0.15) is 94.7 Å². The summed E-state index contributed by atoms with van der Waals surface area (Å²) in [5.74, 6) is -0.458. The Morgan fingerprint density at radius 3 is 2.56 bits per heavy atom. The third-order valence-electron chi connectivity index (χ3n) is 10.7. The quantitative estimate of drug-likeness (QED) is 0.349. The van der Waals surface area contributed by atoms with Gasteiger partial charge < -0.3 is 14.9 Å². The Hall–Kier alpha value is -1.25. The van der Waals surface area contributed by atoms with Gasteiger partial charge in [-0.05, 0) is 113 Å². The number of halogens is 1. The molecule has 4 atom stereocenters. The second-order valence-corrected chi connectivity index (χ2v) is 12.7. The van der Waals surface area contributed by atoms with Crippen molar-refractivity contribution in [1.82, 2.24) is 19.6 Å². The Kier molecular flexibility index (Phi) is 10.8. The van der Waals surface area contributed by atoms with E-state index in [0.717, 1.165) is 82.7 Å². The minimum atomic E-state index is -0.755. The fourth-order valence-corrected chi connectivity index (χ4v) is 8.33. The van der Waals surface area contributed by atoms with Gasteiger partial charge in [0, 0.05) is 24.2 Å². The van der Waals surface area contributed by atoms with Crippen LogP contribution in [-0.4, -0.2) is 63.4 Å². The van der Waals surface area contributed by atoms with Crippen LogP contribution in [0.2, 0.25) is 0 Å². The Balaban J connectivity index is 0.00000387. The molecular formula is C33H48FN4NaO2. The largest absolute Gasteiger partial charge is 1.00 e. The van der Waals surface area contributed by atoms with E-state index in [9.17, 15) is 14.3 Å². The number of piperidine rings is 1. The molecule has 0 bridgehead atoms. The fraction of sp³-hybridized carbons (Fsp3) is 0.667. The number of aromatic nitrogens is 2. The summed E-state index contributed by atoms with van der Waals surface area (Å²) < 4.78 is 16.6. The number of carboxylic acid groups (broad SMARTS) is 1. The van der Waals surface area contributed by atoms with Gasteiger partial charge in [-0.3, -0.25) is 15.5 Å². The maximum atomic E-state index is 14.3. The van der Waals surface area contributed by atoms with E-state index in [2.05, 4.69) is 30.4 Å². The molecule has 2 aliphatic carbocycles. The van der Waals surface area contributed by atoms with Crippen LogP contribution in [0.4, 0.5) is 4.39 Å². The predicted octanol–water partition coefficient (Wildman–Crippen LogP) is 3.05. The summed E-state index contributed by atoms with van der Waals surface area (Å²) >= 11 is 0. The van der Waals surface area contributed by atoms with E-state index >= 15 is 0 Å². The van der Waals surface area contributed by atoms with Crippen molar-refractivity contribution in [1.29, 1.82) is 0 Å². The van der Waals surface area contributed by atoms with Crippen LogP contribution in [0.3, 0.4) is 0 Å². The number of hydrogen-bond donors (Lipinski definition) is 1. The third-order valence-corrected chi connectivity index (χ3v) is 10.7. The van der Waals surface area contributed by atoms with Crippen LogP contribution < -0.4 is 29.6 Å². The molecule has 1 aliphatic heterocycles. The molecule has 1 saturated heterocycles. The van der Waals surface area contributed by atoms with Crippen molar-refractivity contribution in [3.05, 3.63) is 58.6 Å². The zero-order valence-corrected chi connectivity index (χ0v) is 28.1. The molecule has 1 spiro atoms. The number of aliphatic carboxylic acids is 1. The first-order valence-corrected chi connectivity index (χ1v) is 15.6. The van der Waals surface area contributed by atoms with Gasteiger partial charge in [0.05, 0.1) is 11.7 Å². The zero-order valence-electron chi connectivity index (χ0n) is 26.1. The average molecular weight is 575 g/mol. The molecule has 1 aromatic carbocycles. The smallest absolute Gasteiger partial charge is 0.480 e. The van der Waals surface area contributed by atoms with Crippen LogP contribution >= 0.6 is 0 Å². The Morgan fingerprint density at radius 1 is 1.22 bits per heavy atom. The van der Waals surface area contributed by atoms with E-state index in [1.165, 1.54) is 29.4 Å². The predicted molar refractivity (Wildman–Crippen MR) is 157 cm³/mol. The summed E-state index contributed by atoms with van der Waals surface area (Å²) in [5, 5.41) is 15.2. The molecule has 1 aromatic heterocycles. The van der Waals surface area contributed by atoms with Gasteiger partial charge in [0.2, 0.25) is 0 Å². The van der Waals surface area contributed by atoms with Crippen molar-refractivity contribution in [2.45, 2.75) is 103 Å². The second kappa shape index (κ2) is 13.6. The molecule has 1 saturated carbocycles. The fourth-order valence-electron chi connectivity index (χ4n) is 8.33. The van der Waals surface area contributed by atoms with Crippen LogP contribution in [0, 0.1) is 23.7 Å². The molecule has 0 amide bonds. The molecule has 8 heteroatoms. The number of likely N-dealkylation sites (N-methyl/N-ethyl adjacent to an activating group) is 1. The standard InChI is InChI=1S/C33H48FN4O2.Na/c1-6-22(4)36(5)30(32(39)40)24-18-25(28(20-24)23-10-9-11-26(34)19-23)21-37-16-14-33(15-17-37)13-12-27-29(7-2)35-38(8-3)31(27)33;/h9-11,19,24-25,28,30H,6-8,12-18,20-21H2,1-5H3,(H,39,40);/q-1;+1/t24-,25+,28+,30-;/m0./s1. The van der Waals surface area contributed by atoms with Gasteiger partial charge in [-0.1, -0.05) is 26.0 Å². The number of carbonyl (C=O) groups is 1. The molecule has 3 aliphatic rings. The van der Waals surface area contributed by atoms with Crippen molar-refractivity contribution in [3.8, 4) is 0 Å². The summed E-state index contributed by atoms with van der Waals surface area (Å²) in [6.07, 6.45) is 8.17. The number of likely N-dealkylation sites (tertiary alicyclic amines) is 1. The number of hydrogen-bond acceptors (Lipinski definition) is 4. The van der Waals surface area contributed by atoms with Gasteiger partial charge in [0.25, 0.3) is 0 Å². The molecule has 0 radical (unpaired) electrons. The number of nitrogens with zero attached hydrogens (tertiary/aromatic N) is 4. The van der Waals surface area contributed by atoms with Gasteiger partial charge in [-0.25, -0.2) is 4.39 Å². The van der Waals surface area contributed by atoms with Crippen LogP contribution in [-0.2, 0) is 29.6 Å². The summed E-state index contributed by atoms with van der Waals surface area (Å²) in [6, 6.07) is 7.55. The first kappa shape index (κ1) is 32.7. The Bertz CT molecular complexity index is 1190. The van der Waals surface area contributed by atoms with Crippen LogP contribution in [0.25, 0.3) is 0 Å². The number of carboxylic acids is 1. The molecule has 0 unspecified atom stereocenters. The Labute approximate surface area is 268 Å². The second-order valence-electron chi connectivity index (χ2n) is 12.7. The van der Waals surface area contributed by atoms with E-state index in [0.29, 0.717) is 5.92 Å². The maximum absolute atomic E-state index is 14.3. The van der Waals surface area contributed by atoms with E-state index < -0.39 is 12.0 Å². The minimum Gasteiger partial charge on any atom is -0.480 e. The summed E-state index contributed by atoms with van der Waals surface area (Å²) in [5.41, 5.74) is 5.58. The van der Waals surface area contributed by atoms with Gasteiger partial charge in [-0.2, -0.15) is 18.4 Å². The molecule has 41 heavy (non-hydrogen) atoms. The van der Waals surface area contributed by atoms with Crippen molar-refractivity contribution in [2.75, 3.05) is 26.7 Å². The number of aryl methyl sites for hydroxylation is 2. The Morgan fingerprint density at radius 2 is 1.95 bits per heavy atom. The van der Waals surface area contributed by atoms with E-state index in [4.69, 9.17) is 5.10 Å². The van der Waals surface area contributed by atoms with Crippen molar-refractivity contribution in [3.63, 3.8) is 0 Å². The van der Waals surface area contributed by atoms with Crippen LogP contribution in [0.5, 0.6) is 0 Å². The number of fused-ring (bicyclic) bond motifs is 2. The molecule has 2 aromatic rings. The zero-order chi connectivity index (χ0) is 28.6. The summed E-state index contributed by atoms with van der Waals surface area (Å²) in [4.78, 5) is 17.1. The molecule has 2 heterocycles. The van der Waals surface area contributed by atoms with Gasteiger partial charge in [0.1, 0.15) is 5.82 Å². The monoisotopic (exact) mass is 574 g/mol. The molecule has 1 N–H and O–H groups in total. The van der Waals surface area contributed by atoms with Gasteiger partial charge in [-0.15, -0.1) is 0 Å². The molecule has 2 fully saturated rings. The van der Waals surface area contributed by atoms with E-state index in [1.54, 1.807) is 12.1 Å². The van der Waals surface area contributed by atoms with Crippen molar-refractivity contribution < 1.29 is 43.8 Å². The molecular weight excluding hydrogens is 526 g/mol. The maximum Gasteiger partial charge on any atom is 1.00 e. The minimum absolute atomic E-state index is 0. The van der Waals surface area contributed by atoms with Gasteiger partial charge in [0.15, 0.2) is 0 Å². The SMILES string of the molecule is CCc1nn(CC)c2c1CCC21CCN(C[C@H]2C[C@H]([C@@H](C(=O)O)N(C)[C-](C)CC)C[C@@H]2c2cccc(F)c2)CC1.[Na+]. The first-order chi connectivity index (χ1) is 19.2. The summed E-state index contributed by atoms with van der Waals surface area (Å²) in [6.45, 7) is 12.5. The van der Waals surface area contributed by atoms with Crippen LogP contribution in [0.15, 0.2) is 24.3 Å². The normalized spacial score (nSPS) is 24.6. The third kappa shape index (κ3) is 6.35. The van der Waals surface area contributed by atoms with Crippen molar-refractivity contribution >= 4 is 5.97 Å². The number of benzene rings is 1. The first-order valence-electron chi connectivity index (χ1n) is 15.6. The van der Waals surface area contributed by atoms with Gasteiger partial charge >= 0.3 is 35.5 Å². The topological polar surface area (TPSA) is 61.6 Å².